The number of imide groups is 1. The van der Waals surface area contributed by atoms with E-state index in [1.807, 2.05) is 47.8 Å². The lowest BCUT2D eigenvalue weighted by molar-refractivity contribution is -0.123. The highest BCUT2D eigenvalue weighted by molar-refractivity contribution is 6.30. The molecular formula is C25H21ClN4O5. The van der Waals surface area contributed by atoms with Gasteiger partial charge in [0.1, 0.15) is 0 Å². The van der Waals surface area contributed by atoms with Crippen LogP contribution in [-0.4, -0.2) is 45.9 Å². The lowest BCUT2D eigenvalue weighted by Gasteiger charge is -2.10. The molecule has 0 bridgehead atoms. The number of rotatable bonds is 7. The zero-order valence-electron chi connectivity index (χ0n) is 18.7. The molecule has 0 aliphatic heterocycles. The Hall–Kier alpha value is -4.24. The van der Waals surface area contributed by atoms with E-state index in [0.717, 1.165) is 11.1 Å². The molecule has 4 aromatic rings. The van der Waals surface area contributed by atoms with Gasteiger partial charge >= 0.3 is 12.1 Å². The first-order valence-electron chi connectivity index (χ1n) is 10.7. The first kappa shape index (κ1) is 23.9. The average Bonchev–Trinajstić information content (AvgIpc) is 3.26. The number of esters is 1. The van der Waals surface area contributed by atoms with Gasteiger partial charge in [-0.15, -0.1) is 0 Å². The van der Waals surface area contributed by atoms with Gasteiger partial charge < -0.3 is 9.47 Å². The normalized spacial score (nSPS) is 10.7. The number of nitrogens with one attached hydrogen (secondary N) is 1. The van der Waals surface area contributed by atoms with E-state index in [1.54, 1.807) is 29.8 Å². The second-order valence-corrected chi connectivity index (χ2v) is 7.87. The second-order valence-electron chi connectivity index (χ2n) is 7.43. The quantitative estimate of drug-likeness (QED) is 0.384. The minimum Gasteiger partial charge on any atom is -0.452 e. The maximum absolute atomic E-state index is 13.0. The van der Waals surface area contributed by atoms with E-state index < -0.39 is 24.6 Å². The summed E-state index contributed by atoms with van der Waals surface area (Å²) in [5, 5.41) is 7.49. The molecule has 2 aromatic carbocycles. The number of nitrogens with zero attached hydrogens (tertiary/aromatic N) is 3. The van der Waals surface area contributed by atoms with E-state index in [9.17, 15) is 14.4 Å². The van der Waals surface area contributed by atoms with Crippen molar-refractivity contribution in [2.45, 2.75) is 13.5 Å². The van der Waals surface area contributed by atoms with Crippen molar-refractivity contribution in [2.24, 2.45) is 0 Å². The SMILES string of the molecule is CCOC(=O)NC(=O)COC(=O)c1cc(-c2ccccc2)nc2c1cnn2Cc1ccc(Cl)cc1. The van der Waals surface area contributed by atoms with Crippen LogP contribution in [0.15, 0.2) is 66.9 Å². The Labute approximate surface area is 205 Å². The first-order valence-corrected chi connectivity index (χ1v) is 11.1. The summed E-state index contributed by atoms with van der Waals surface area (Å²) >= 11 is 5.99. The highest BCUT2D eigenvalue weighted by Gasteiger charge is 2.20. The number of pyridine rings is 1. The van der Waals surface area contributed by atoms with Crippen LogP contribution in [0, 0.1) is 0 Å². The van der Waals surface area contributed by atoms with Crippen molar-refractivity contribution in [1.29, 1.82) is 0 Å². The summed E-state index contributed by atoms with van der Waals surface area (Å²) in [5.74, 6) is -1.55. The average molecular weight is 493 g/mol. The van der Waals surface area contributed by atoms with E-state index in [4.69, 9.17) is 21.3 Å². The predicted molar refractivity (Wildman–Crippen MR) is 129 cm³/mol. The van der Waals surface area contributed by atoms with Gasteiger partial charge in [0.05, 0.1) is 36.0 Å². The van der Waals surface area contributed by atoms with Crippen molar-refractivity contribution in [3.63, 3.8) is 0 Å². The zero-order valence-corrected chi connectivity index (χ0v) is 19.5. The number of halogens is 1. The molecule has 35 heavy (non-hydrogen) atoms. The Morgan fingerprint density at radius 2 is 1.77 bits per heavy atom. The van der Waals surface area contributed by atoms with Crippen molar-refractivity contribution in [1.82, 2.24) is 20.1 Å². The molecule has 2 heterocycles. The molecule has 1 N–H and O–H groups in total. The predicted octanol–water partition coefficient (Wildman–Crippen LogP) is 4.23. The Kier molecular flexibility index (Phi) is 7.37. The number of fused-ring (bicyclic) bond motifs is 1. The van der Waals surface area contributed by atoms with Crippen LogP contribution in [0.3, 0.4) is 0 Å². The van der Waals surface area contributed by atoms with Crippen LogP contribution in [-0.2, 0) is 20.8 Å². The summed E-state index contributed by atoms with van der Waals surface area (Å²) in [4.78, 5) is 41.0. The van der Waals surface area contributed by atoms with E-state index >= 15 is 0 Å². The molecule has 4 rings (SSSR count). The smallest absolute Gasteiger partial charge is 0.413 e. The van der Waals surface area contributed by atoms with Gasteiger partial charge in [-0.05, 0) is 30.7 Å². The monoisotopic (exact) mass is 492 g/mol. The number of amides is 2. The topological polar surface area (TPSA) is 112 Å². The molecule has 0 spiro atoms. The minimum absolute atomic E-state index is 0.107. The number of carbonyl (C=O) groups excluding carboxylic acids is 3. The van der Waals surface area contributed by atoms with Gasteiger partial charge in [0.25, 0.3) is 5.91 Å². The second kappa shape index (κ2) is 10.8. The molecule has 0 unspecified atom stereocenters. The summed E-state index contributed by atoms with van der Waals surface area (Å²) in [6.45, 7) is 1.47. The fourth-order valence-corrected chi connectivity index (χ4v) is 3.50. The van der Waals surface area contributed by atoms with Gasteiger partial charge in [-0.2, -0.15) is 5.10 Å². The largest absolute Gasteiger partial charge is 0.452 e. The fraction of sp³-hybridized carbons (Fsp3) is 0.160. The molecule has 0 aliphatic carbocycles. The van der Waals surface area contributed by atoms with Crippen LogP contribution in [0.5, 0.6) is 0 Å². The van der Waals surface area contributed by atoms with Crippen molar-refractivity contribution >= 4 is 40.6 Å². The first-order chi connectivity index (χ1) is 16.9. The number of carbonyl (C=O) groups is 3. The zero-order chi connectivity index (χ0) is 24.8. The van der Waals surface area contributed by atoms with Gasteiger partial charge in [-0.3, -0.25) is 10.1 Å². The summed E-state index contributed by atoms with van der Waals surface area (Å²) in [6.07, 6.45) is 0.622. The van der Waals surface area contributed by atoms with Gasteiger partial charge in [-0.1, -0.05) is 54.1 Å². The number of benzene rings is 2. The molecule has 0 atom stereocenters. The Bertz CT molecular complexity index is 1370. The van der Waals surface area contributed by atoms with Gasteiger partial charge in [0.2, 0.25) is 0 Å². The summed E-state index contributed by atoms with van der Waals surface area (Å²) < 4.78 is 11.5. The van der Waals surface area contributed by atoms with Crippen molar-refractivity contribution in [3.05, 3.63) is 83.0 Å². The maximum Gasteiger partial charge on any atom is 0.413 e. The third-order valence-electron chi connectivity index (χ3n) is 5.00. The van der Waals surface area contributed by atoms with Crippen LogP contribution in [0.4, 0.5) is 4.79 Å². The Balaban J connectivity index is 1.65. The lowest BCUT2D eigenvalue weighted by atomic mass is 10.1. The van der Waals surface area contributed by atoms with E-state index in [2.05, 4.69) is 9.84 Å². The Morgan fingerprint density at radius 3 is 2.49 bits per heavy atom. The molecule has 10 heteroatoms. The van der Waals surface area contributed by atoms with Gasteiger partial charge in [0, 0.05) is 10.6 Å². The molecule has 0 saturated heterocycles. The molecule has 0 fully saturated rings. The third-order valence-corrected chi connectivity index (χ3v) is 5.25. The van der Waals surface area contributed by atoms with Crippen LogP contribution < -0.4 is 5.32 Å². The molecule has 9 nitrogen and oxygen atoms in total. The summed E-state index contributed by atoms with van der Waals surface area (Å²) in [5.41, 5.74) is 2.96. The molecule has 0 saturated carbocycles. The van der Waals surface area contributed by atoms with E-state index in [1.165, 1.54) is 6.20 Å². The minimum atomic E-state index is -0.908. The van der Waals surface area contributed by atoms with Crippen molar-refractivity contribution in [2.75, 3.05) is 13.2 Å². The van der Waals surface area contributed by atoms with Crippen LogP contribution in [0.2, 0.25) is 5.02 Å². The van der Waals surface area contributed by atoms with Crippen LogP contribution in [0.1, 0.15) is 22.8 Å². The third kappa shape index (κ3) is 5.82. The standard InChI is InChI=1S/C25H21ClN4O5/c1-2-34-25(33)29-22(31)15-35-24(32)19-12-21(17-6-4-3-5-7-17)28-23-20(19)13-27-30(23)14-16-8-10-18(26)11-9-16/h3-13H,2,14-15H2,1H3,(H,29,31,33). The van der Waals surface area contributed by atoms with E-state index in [-0.39, 0.29) is 12.2 Å². The van der Waals surface area contributed by atoms with Crippen LogP contribution >= 0.6 is 11.6 Å². The maximum atomic E-state index is 13.0. The summed E-state index contributed by atoms with van der Waals surface area (Å²) in [6, 6.07) is 18.3. The Morgan fingerprint density at radius 1 is 1.03 bits per heavy atom. The fourth-order valence-electron chi connectivity index (χ4n) is 3.38. The van der Waals surface area contributed by atoms with Gasteiger partial charge in [-0.25, -0.2) is 19.3 Å². The number of hydrogen-bond acceptors (Lipinski definition) is 7. The lowest BCUT2D eigenvalue weighted by Crippen LogP contribution is -2.34. The van der Waals surface area contributed by atoms with Crippen LogP contribution in [0.25, 0.3) is 22.3 Å². The number of alkyl carbamates (subject to hydrolysis) is 1. The molecule has 178 valence electrons. The highest BCUT2D eigenvalue weighted by atomic mass is 35.5. The molecule has 2 aromatic heterocycles. The molecule has 2 amide bonds. The number of ether oxygens (including phenoxy) is 2. The summed E-state index contributed by atoms with van der Waals surface area (Å²) in [7, 11) is 0. The van der Waals surface area contributed by atoms with Crippen molar-refractivity contribution < 1.29 is 23.9 Å². The molecule has 0 radical (unpaired) electrons. The van der Waals surface area contributed by atoms with E-state index in [0.29, 0.717) is 28.3 Å². The highest BCUT2D eigenvalue weighted by Crippen LogP contribution is 2.26. The number of hydrogen-bond donors (Lipinski definition) is 1. The molecular weight excluding hydrogens is 472 g/mol. The number of aromatic nitrogens is 3. The van der Waals surface area contributed by atoms with Gasteiger partial charge in [0.15, 0.2) is 12.3 Å². The molecule has 0 aliphatic rings. The van der Waals surface area contributed by atoms with Crippen molar-refractivity contribution in [3.8, 4) is 11.3 Å².